The molecule has 1 aliphatic heterocycles. The van der Waals surface area contributed by atoms with Gasteiger partial charge in [0, 0.05) is 48.2 Å². The average Bonchev–Trinajstić information content (AvgIpc) is 2.91. The van der Waals surface area contributed by atoms with Gasteiger partial charge in [-0.2, -0.15) is 13.2 Å². The number of nitrogens with one attached hydrogen (secondary N) is 1. The lowest BCUT2D eigenvalue weighted by Gasteiger charge is -2.30. The number of carboxylic acid groups (broad SMARTS) is 1. The van der Waals surface area contributed by atoms with E-state index in [2.05, 4.69) is 10.3 Å². The highest BCUT2D eigenvalue weighted by Crippen LogP contribution is 2.33. The molecule has 206 valence electrons. The highest BCUT2D eigenvalue weighted by molar-refractivity contribution is 5.95. The number of aliphatic carboxylic acids is 1. The average molecular weight is 540 g/mol. The van der Waals surface area contributed by atoms with Crippen molar-refractivity contribution in [2.75, 3.05) is 18.4 Å². The number of carboxylic acids is 1. The number of benzene rings is 2. The van der Waals surface area contributed by atoms with Crippen molar-refractivity contribution in [1.29, 1.82) is 0 Å². The second-order valence-corrected chi connectivity index (χ2v) is 10.1. The summed E-state index contributed by atoms with van der Waals surface area (Å²) in [7, 11) is 0. The Morgan fingerprint density at radius 1 is 1.08 bits per heavy atom. The van der Waals surface area contributed by atoms with Gasteiger partial charge >= 0.3 is 12.1 Å². The number of anilines is 1. The molecule has 3 aromatic rings. The molecule has 1 unspecified atom stereocenters. The standard InChI is InChI=1S/C30H32F3N3O3/c1-19-16-22(23-6-5-20(2)34-17-23)9-12-26(19)27(13-14-30(31,32)33)35-25-10-7-21(8-11-25)28(37)36-15-3-4-24(18-36)29(38)39/h5-12,16-17,24,27,35H,3-4,13-15,18H2,1-2H3,(H,38,39)/t24-,27?/m1/s1. The summed E-state index contributed by atoms with van der Waals surface area (Å²) in [5.41, 5.74) is 5.38. The summed E-state index contributed by atoms with van der Waals surface area (Å²) in [5.74, 6) is -1.73. The van der Waals surface area contributed by atoms with Crippen LogP contribution in [0.4, 0.5) is 18.9 Å². The summed E-state index contributed by atoms with van der Waals surface area (Å²) in [6.07, 6.45) is -2.44. The maximum absolute atomic E-state index is 13.2. The van der Waals surface area contributed by atoms with E-state index in [1.165, 1.54) is 0 Å². The highest BCUT2D eigenvalue weighted by atomic mass is 19.4. The third kappa shape index (κ3) is 7.37. The van der Waals surface area contributed by atoms with Crippen molar-refractivity contribution in [2.45, 2.75) is 51.7 Å². The normalized spacial score (nSPS) is 16.5. The fraction of sp³-hybridized carbons (Fsp3) is 0.367. The fourth-order valence-corrected chi connectivity index (χ4v) is 4.95. The Balaban J connectivity index is 1.52. The number of carbonyl (C=O) groups excluding carboxylic acids is 1. The quantitative estimate of drug-likeness (QED) is 0.329. The summed E-state index contributed by atoms with van der Waals surface area (Å²) in [6, 6.07) is 15.6. The smallest absolute Gasteiger partial charge is 0.389 e. The van der Waals surface area contributed by atoms with Gasteiger partial charge in [0.1, 0.15) is 0 Å². The zero-order valence-electron chi connectivity index (χ0n) is 22.0. The fourth-order valence-electron chi connectivity index (χ4n) is 4.95. The third-order valence-electron chi connectivity index (χ3n) is 7.14. The lowest BCUT2D eigenvalue weighted by atomic mass is 9.93. The maximum atomic E-state index is 13.2. The van der Waals surface area contributed by atoms with Crippen molar-refractivity contribution in [1.82, 2.24) is 9.88 Å². The number of alkyl halides is 3. The minimum atomic E-state index is -4.29. The van der Waals surface area contributed by atoms with E-state index in [0.29, 0.717) is 30.6 Å². The monoisotopic (exact) mass is 539 g/mol. The Bertz CT molecular complexity index is 1310. The van der Waals surface area contributed by atoms with Gasteiger partial charge in [-0.25, -0.2) is 0 Å². The molecule has 39 heavy (non-hydrogen) atoms. The van der Waals surface area contributed by atoms with Gasteiger partial charge < -0.3 is 15.3 Å². The molecule has 2 N–H and O–H groups in total. The van der Waals surface area contributed by atoms with Crippen LogP contribution in [0.3, 0.4) is 0 Å². The molecule has 0 radical (unpaired) electrons. The SMILES string of the molecule is Cc1ccc(-c2ccc(C(CCC(F)(F)F)Nc3ccc(C(=O)N4CCC[C@@H](C(=O)O)C4)cc3)c(C)c2)cn1. The van der Waals surface area contributed by atoms with E-state index in [-0.39, 0.29) is 18.9 Å². The van der Waals surface area contributed by atoms with Crippen molar-refractivity contribution >= 4 is 17.6 Å². The first-order valence-corrected chi connectivity index (χ1v) is 13.0. The van der Waals surface area contributed by atoms with Crippen molar-refractivity contribution in [3.63, 3.8) is 0 Å². The summed E-state index contributed by atoms with van der Waals surface area (Å²) < 4.78 is 39.5. The van der Waals surface area contributed by atoms with Crippen LogP contribution in [0.1, 0.15) is 58.9 Å². The lowest BCUT2D eigenvalue weighted by Crippen LogP contribution is -2.42. The van der Waals surface area contributed by atoms with E-state index in [4.69, 9.17) is 0 Å². The van der Waals surface area contributed by atoms with Crippen LogP contribution in [0.15, 0.2) is 60.8 Å². The van der Waals surface area contributed by atoms with Crippen molar-refractivity contribution < 1.29 is 27.9 Å². The zero-order valence-corrected chi connectivity index (χ0v) is 22.0. The van der Waals surface area contributed by atoms with Crippen LogP contribution in [-0.2, 0) is 4.79 Å². The van der Waals surface area contributed by atoms with Crippen LogP contribution in [0.5, 0.6) is 0 Å². The van der Waals surface area contributed by atoms with Crippen LogP contribution in [-0.4, -0.2) is 46.1 Å². The second-order valence-electron chi connectivity index (χ2n) is 10.1. The van der Waals surface area contributed by atoms with E-state index in [0.717, 1.165) is 27.9 Å². The Labute approximate surface area is 225 Å². The molecule has 0 saturated carbocycles. The van der Waals surface area contributed by atoms with Gasteiger partial charge in [0.25, 0.3) is 5.91 Å². The predicted molar refractivity (Wildman–Crippen MR) is 144 cm³/mol. The number of rotatable bonds is 8. The van der Waals surface area contributed by atoms with Crippen LogP contribution in [0.25, 0.3) is 11.1 Å². The van der Waals surface area contributed by atoms with Crippen LogP contribution in [0.2, 0.25) is 0 Å². The number of aromatic nitrogens is 1. The number of hydrogen-bond acceptors (Lipinski definition) is 4. The Morgan fingerprint density at radius 2 is 1.79 bits per heavy atom. The molecule has 0 aliphatic carbocycles. The predicted octanol–water partition coefficient (Wildman–Crippen LogP) is 6.80. The van der Waals surface area contributed by atoms with E-state index in [9.17, 15) is 27.9 Å². The highest BCUT2D eigenvalue weighted by Gasteiger charge is 2.30. The van der Waals surface area contributed by atoms with Crippen LogP contribution >= 0.6 is 0 Å². The van der Waals surface area contributed by atoms with E-state index in [1.54, 1.807) is 35.4 Å². The molecule has 9 heteroatoms. The number of amides is 1. The molecular weight excluding hydrogens is 507 g/mol. The van der Waals surface area contributed by atoms with Crippen molar-refractivity contribution in [2.24, 2.45) is 5.92 Å². The molecule has 1 aliphatic rings. The molecule has 2 atom stereocenters. The molecule has 4 rings (SSSR count). The van der Waals surface area contributed by atoms with Gasteiger partial charge in [0.15, 0.2) is 0 Å². The van der Waals surface area contributed by atoms with Crippen LogP contribution in [0, 0.1) is 19.8 Å². The maximum Gasteiger partial charge on any atom is 0.389 e. The molecule has 0 bridgehead atoms. The van der Waals surface area contributed by atoms with Gasteiger partial charge in [-0.05, 0) is 80.1 Å². The number of nitrogens with zero attached hydrogens (tertiary/aromatic N) is 2. The summed E-state index contributed by atoms with van der Waals surface area (Å²) >= 11 is 0. The molecule has 0 spiro atoms. The summed E-state index contributed by atoms with van der Waals surface area (Å²) in [5, 5.41) is 12.5. The number of halogens is 3. The largest absolute Gasteiger partial charge is 0.481 e. The number of hydrogen-bond donors (Lipinski definition) is 2. The van der Waals surface area contributed by atoms with Crippen LogP contribution < -0.4 is 5.32 Å². The number of pyridine rings is 1. The molecular formula is C30H32F3N3O3. The van der Waals surface area contributed by atoms with Crippen molar-refractivity contribution in [3.05, 3.63) is 83.2 Å². The Morgan fingerprint density at radius 3 is 2.41 bits per heavy atom. The lowest BCUT2D eigenvalue weighted by molar-refractivity contribution is -0.143. The first-order chi connectivity index (χ1) is 18.5. The number of aryl methyl sites for hydroxylation is 2. The molecule has 1 fully saturated rings. The van der Waals surface area contributed by atoms with E-state index < -0.39 is 30.5 Å². The molecule has 6 nitrogen and oxygen atoms in total. The zero-order chi connectivity index (χ0) is 28.2. The van der Waals surface area contributed by atoms with Gasteiger partial charge in [-0.3, -0.25) is 14.6 Å². The van der Waals surface area contributed by atoms with Gasteiger partial charge in [0.2, 0.25) is 0 Å². The molecule has 2 heterocycles. The Kier molecular flexibility index (Phi) is 8.57. The van der Waals surface area contributed by atoms with Gasteiger partial charge in [0.05, 0.1) is 12.0 Å². The molecule has 1 saturated heterocycles. The first kappa shape index (κ1) is 28.1. The van der Waals surface area contributed by atoms with Crippen molar-refractivity contribution in [3.8, 4) is 11.1 Å². The molecule has 1 aromatic heterocycles. The minimum Gasteiger partial charge on any atom is -0.481 e. The third-order valence-corrected chi connectivity index (χ3v) is 7.14. The molecule has 2 aromatic carbocycles. The topological polar surface area (TPSA) is 82.5 Å². The first-order valence-electron chi connectivity index (χ1n) is 13.0. The number of likely N-dealkylation sites (tertiary alicyclic amines) is 1. The van der Waals surface area contributed by atoms with E-state index >= 15 is 0 Å². The Hall–Kier alpha value is -3.88. The second kappa shape index (κ2) is 11.9. The molecule has 1 amide bonds. The summed E-state index contributed by atoms with van der Waals surface area (Å²) in [6.45, 7) is 4.45. The van der Waals surface area contributed by atoms with E-state index in [1.807, 2.05) is 44.2 Å². The minimum absolute atomic E-state index is 0.152. The summed E-state index contributed by atoms with van der Waals surface area (Å²) in [4.78, 5) is 30.1. The number of carbonyl (C=O) groups is 2. The van der Waals surface area contributed by atoms with Gasteiger partial charge in [-0.1, -0.05) is 24.3 Å². The number of piperidine rings is 1. The van der Waals surface area contributed by atoms with Gasteiger partial charge in [-0.15, -0.1) is 0 Å².